The molecule has 15 heavy (non-hydrogen) atoms. The van der Waals surface area contributed by atoms with Gasteiger partial charge in [-0.1, -0.05) is 0 Å². The van der Waals surface area contributed by atoms with Gasteiger partial charge in [-0.2, -0.15) is 0 Å². The monoisotopic (exact) mass is 212 g/mol. The highest BCUT2D eigenvalue weighted by Crippen LogP contribution is 2.21. The van der Waals surface area contributed by atoms with E-state index in [4.69, 9.17) is 4.74 Å². The average molecular weight is 212 g/mol. The Bertz CT molecular complexity index is 209. The Hall–Kier alpha value is -0.770. The van der Waals surface area contributed by atoms with Crippen LogP contribution in [0.2, 0.25) is 0 Å². The molecular formula is C11H20N2O2. The Balaban J connectivity index is 1.66. The highest BCUT2D eigenvalue weighted by atomic mass is 16.6. The summed E-state index contributed by atoms with van der Waals surface area (Å²) in [6.07, 6.45) is 6.47. The zero-order valence-corrected chi connectivity index (χ0v) is 9.13. The van der Waals surface area contributed by atoms with Crippen LogP contribution in [-0.4, -0.2) is 31.3 Å². The molecule has 1 aliphatic carbocycles. The second kappa shape index (κ2) is 5.35. The van der Waals surface area contributed by atoms with Crippen LogP contribution in [0.3, 0.4) is 0 Å². The standard InChI is InChI=1S/C11H20N2O2/c14-11(15-10-3-1-2-4-10)13-9-5-7-12-8-6-9/h9-10,12H,1-8H2,(H,13,14). The van der Waals surface area contributed by atoms with E-state index >= 15 is 0 Å². The minimum absolute atomic E-state index is 0.173. The average Bonchev–Trinajstić information content (AvgIpc) is 2.71. The molecule has 2 rings (SSSR count). The number of carbonyl (C=O) groups is 1. The lowest BCUT2D eigenvalue weighted by Gasteiger charge is -2.24. The van der Waals surface area contributed by atoms with Crippen molar-refractivity contribution in [2.75, 3.05) is 13.1 Å². The SMILES string of the molecule is O=C(NC1CCNCC1)OC1CCCC1. The number of alkyl carbamates (subject to hydrolysis) is 1. The maximum absolute atomic E-state index is 11.5. The van der Waals surface area contributed by atoms with Crippen LogP contribution in [0.15, 0.2) is 0 Å². The highest BCUT2D eigenvalue weighted by Gasteiger charge is 2.21. The fourth-order valence-electron chi connectivity index (χ4n) is 2.32. The zero-order chi connectivity index (χ0) is 10.5. The van der Waals surface area contributed by atoms with Crippen LogP contribution in [0.1, 0.15) is 38.5 Å². The van der Waals surface area contributed by atoms with Gasteiger partial charge in [0, 0.05) is 6.04 Å². The Labute approximate surface area is 90.8 Å². The molecule has 0 aromatic rings. The van der Waals surface area contributed by atoms with Gasteiger partial charge in [0.1, 0.15) is 6.10 Å². The molecule has 0 bridgehead atoms. The molecule has 1 saturated carbocycles. The van der Waals surface area contributed by atoms with Crippen LogP contribution in [0.5, 0.6) is 0 Å². The van der Waals surface area contributed by atoms with E-state index in [1.54, 1.807) is 0 Å². The minimum atomic E-state index is -0.214. The lowest BCUT2D eigenvalue weighted by molar-refractivity contribution is 0.0964. The van der Waals surface area contributed by atoms with Crippen molar-refractivity contribution in [2.24, 2.45) is 0 Å². The van der Waals surface area contributed by atoms with E-state index in [2.05, 4.69) is 10.6 Å². The number of nitrogens with one attached hydrogen (secondary N) is 2. The Morgan fingerprint density at radius 2 is 1.80 bits per heavy atom. The molecule has 2 fully saturated rings. The smallest absolute Gasteiger partial charge is 0.407 e. The number of carbonyl (C=O) groups excluding carboxylic acids is 1. The fraction of sp³-hybridized carbons (Fsp3) is 0.909. The molecule has 0 atom stereocenters. The molecule has 0 spiro atoms. The third kappa shape index (κ3) is 3.38. The van der Waals surface area contributed by atoms with E-state index in [0.717, 1.165) is 38.8 Å². The summed E-state index contributed by atoms with van der Waals surface area (Å²) in [6.45, 7) is 1.99. The van der Waals surface area contributed by atoms with Crippen molar-refractivity contribution in [1.29, 1.82) is 0 Å². The van der Waals surface area contributed by atoms with Crippen LogP contribution in [0.25, 0.3) is 0 Å². The molecule has 86 valence electrons. The predicted octanol–water partition coefficient (Wildman–Crippen LogP) is 1.41. The molecule has 0 aromatic heterocycles. The van der Waals surface area contributed by atoms with E-state index in [-0.39, 0.29) is 12.2 Å². The van der Waals surface area contributed by atoms with Crippen LogP contribution in [0.4, 0.5) is 4.79 Å². The molecule has 4 heteroatoms. The van der Waals surface area contributed by atoms with Crippen molar-refractivity contribution in [3.8, 4) is 0 Å². The van der Waals surface area contributed by atoms with Crippen molar-refractivity contribution < 1.29 is 9.53 Å². The summed E-state index contributed by atoms with van der Waals surface area (Å²) in [6, 6.07) is 0.306. The van der Waals surface area contributed by atoms with Crippen LogP contribution in [-0.2, 0) is 4.74 Å². The van der Waals surface area contributed by atoms with E-state index in [0.29, 0.717) is 6.04 Å². The third-order valence-electron chi connectivity index (χ3n) is 3.24. The Morgan fingerprint density at radius 3 is 2.47 bits per heavy atom. The van der Waals surface area contributed by atoms with Gasteiger partial charge in [-0.3, -0.25) is 0 Å². The molecule has 0 aromatic carbocycles. The molecule has 4 nitrogen and oxygen atoms in total. The van der Waals surface area contributed by atoms with Crippen LogP contribution in [0, 0.1) is 0 Å². The predicted molar refractivity (Wildman–Crippen MR) is 57.8 cm³/mol. The van der Waals surface area contributed by atoms with Gasteiger partial charge in [-0.25, -0.2) is 4.79 Å². The second-order valence-corrected chi connectivity index (χ2v) is 4.48. The summed E-state index contributed by atoms with van der Waals surface area (Å²) in [5, 5.41) is 6.21. The van der Waals surface area contributed by atoms with E-state index in [1.807, 2.05) is 0 Å². The number of piperidine rings is 1. The molecule has 1 amide bonds. The maximum Gasteiger partial charge on any atom is 0.407 e. The largest absolute Gasteiger partial charge is 0.446 e. The van der Waals surface area contributed by atoms with Gasteiger partial charge in [-0.15, -0.1) is 0 Å². The van der Waals surface area contributed by atoms with Crippen molar-refractivity contribution in [2.45, 2.75) is 50.7 Å². The second-order valence-electron chi connectivity index (χ2n) is 4.48. The number of rotatable bonds is 2. The third-order valence-corrected chi connectivity index (χ3v) is 3.24. The molecule has 2 aliphatic rings. The summed E-state index contributed by atoms with van der Waals surface area (Å²) in [5.41, 5.74) is 0. The quantitative estimate of drug-likeness (QED) is 0.727. The van der Waals surface area contributed by atoms with Crippen molar-refractivity contribution in [3.63, 3.8) is 0 Å². The number of ether oxygens (including phenoxy) is 1. The molecule has 1 saturated heterocycles. The van der Waals surface area contributed by atoms with Gasteiger partial charge >= 0.3 is 6.09 Å². The first kappa shape index (κ1) is 10.7. The van der Waals surface area contributed by atoms with Gasteiger partial charge in [0.2, 0.25) is 0 Å². The van der Waals surface area contributed by atoms with Gasteiger partial charge < -0.3 is 15.4 Å². The lowest BCUT2D eigenvalue weighted by atomic mass is 10.1. The van der Waals surface area contributed by atoms with Gasteiger partial charge in [-0.05, 0) is 51.6 Å². The first-order chi connectivity index (χ1) is 7.34. The van der Waals surface area contributed by atoms with Gasteiger partial charge in [0.25, 0.3) is 0 Å². The summed E-state index contributed by atoms with van der Waals surface area (Å²) in [7, 11) is 0. The molecule has 0 radical (unpaired) electrons. The van der Waals surface area contributed by atoms with Crippen molar-refractivity contribution in [3.05, 3.63) is 0 Å². The van der Waals surface area contributed by atoms with E-state index in [9.17, 15) is 4.79 Å². The van der Waals surface area contributed by atoms with Crippen LogP contribution >= 0.6 is 0 Å². The normalized spacial score (nSPS) is 24.0. The molecule has 2 N–H and O–H groups in total. The first-order valence-electron chi connectivity index (χ1n) is 6.02. The van der Waals surface area contributed by atoms with Gasteiger partial charge in [0.05, 0.1) is 0 Å². The topological polar surface area (TPSA) is 50.4 Å². The van der Waals surface area contributed by atoms with Crippen molar-refractivity contribution in [1.82, 2.24) is 10.6 Å². The van der Waals surface area contributed by atoms with Crippen molar-refractivity contribution >= 4 is 6.09 Å². The maximum atomic E-state index is 11.5. The first-order valence-corrected chi connectivity index (χ1v) is 6.02. The Morgan fingerprint density at radius 1 is 1.13 bits per heavy atom. The molecule has 1 aliphatic heterocycles. The number of hydrogen-bond donors (Lipinski definition) is 2. The van der Waals surface area contributed by atoms with Crippen LogP contribution < -0.4 is 10.6 Å². The van der Waals surface area contributed by atoms with E-state index < -0.39 is 0 Å². The Kier molecular flexibility index (Phi) is 3.83. The minimum Gasteiger partial charge on any atom is -0.446 e. The molecular weight excluding hydrogens is 192 g/mol. The lowest BCUT2D eigenvalue weighted by Crippen LogP contribution is -2.43. The summed E-state index contributed by atoms with van der Waals surface area (Å²) in [5.74, 6) is 0. The number of amides is 1. The van der Waals surface area contributed by atoms with Gasteiger partial charge in [0.15, 0.2) is 0 Å². The van der Waals surface area contributed by atoms with E-state index in [1.165, 1.54) is 12.8 Å². The summed E-state index contributed by atoms with van der Waals surface area (Å²) in [4.78, 5) is 11.5. The summed E-state index contributed by atoms with van der Waals surface area (Å²) >= 11 is 0. The fourth-order valence-corrected chi connectivity index (χ4v) is 2.32. The number of hydrogen-bond acceptors (Lipinski definition) is 3. The summed E-state index contributed by atoms with van der Waals surface area (Å²) < 4.78 is 5.34. The molecule has 0 unspecified atom stereocenters. The highest BCUT2D eigenvalue weighted by molar-refractivity contribution is 5.67. The zero-order valence-electron chi connectivity index (χ0n) is 9.13. The molecule has 1 heterocycles.